The first kappa shape index (κ1) is 14.3. The molecule has 1 heterocycles. The summed E-state index contributed by atoms with van der Waals surface area (Å²) < 4.78 is 1.50. The molecule has 2 N–H and O–H groups in total. The van der Waals surface area contributed by atoms with Crippen molar-refractivity contribution < 1.29 is 0 Å². The van der Waals surface area contributed by atoms with Crippen molar-refractivity contribution in [2.75, 3.05) is 5.73 Å². The molecule has 0 saturated heterocycles. The summed E-state index contributed by atoms with van der Waals surface area (Å²) >= 11 is 0. The van der Waals surface area contributed by atoms with Crippen molar-refractivity contribution in [3.63, 3.8) is 0 Å². The molecule has 0 amide bonds. The highest BCUT2D eigenvalue weighted by atomic mass is 16.1. The van der Waals surface area contributed by atoms with E-state index in [2.05, 4.69) is 18.9 Å². The molecule has 0 radical (unpaired) electrons. The Kier molecular flexibility index (Phi) is 4.23. The summed E-state index contributed by atoms with van der Waals surface area (Å²) in [5.74, 6) is 0.394. The number of nitrogens with two attached hydrogens (primary N) is 1. The van der Waals surface area contributed by atoms with Crippen molar-refractivity contribution in [2.45, 2.75) is 39.7 Å². The van der Waals surface area contributed by atoms with E-state index >= 15 is 0 Å². The smallest absolute Gasteiger partial charge is 0.266 e. The zero-order valence-electron chi connectivity index (χ0n) is 12.3. The number of aromatic nitrogens is 2. The van der Waals surface area contributed by atoms with E-state index in [0.717, 1.165) is 28.9 Å². The maximum atomic E-state index is 11.7. The van der Waals surface area contributed by atoms with Crippen LogP contribution >= 0.6 is 0 Å². The molecule has 0 aliphatic heterocycles. The van der Waals surface area contributed by atoms with Gasteiger partial charge in [0.15, 0.2) is 0 Å². The molecule has 0 bridgehead atoms. The SMILES string of the molecule is CCCn1nc(-c2ccc(C(C)C)c(N)c2)ccc1=O. The molecule has 106 valence electrons. The van der Waals surface area contributed by atoms with Gasteiger partial charge >= 0.3 is 0 Å². The zero-order chi connectivity index (χ0) is 14.7. The second-order valence-electron chi connectivity index (χ2n) is 5.28. The lowest BCUT2D eigenvalue weighted by Crippen LogP contribution is -2.21. The fourth-order valence-corrected chi connectivity index (χ4v) is 2.23. The second kappa shape index (κ2) is 5.90. The number of nitrogens with zero attached hydrogens (tertiary/aromatic N) is 2. The first-order valence-corrected chi connectivity index (χ1v) is 7.01. The number of hydrogen-bond donors (Lipinski definition) is 1. The van der Waals surface area contributed by atoms with Crippen LogP contribution in [0.5, 0.6) is 0 Å². The van der Waals surface area contributed by atoms with Crippen LogP contribution in [0, 0.1) is 0 Å². The van der Waals surface area contributed by atoms with Gasteiger partial charge in [0, 0.05) is 23.9 Å². The number of rotatable bonds is 4. The number of nitrogen functional groups attached to an aromatic ring is 1. The van der Waals surface area contributed by atoms with Gasteiger partial charge in [0.05, 0.1) is 5.69 Å². The molecule has 2 rings (SSSR count). The molecule has 0 atom stereocenters. The molecule has 1 aromatic carbocycles. The Morgan fingerprint density at radius 3 is 2.60 bits per heavy atom. The van der Waals surface area contributed by atoms with Crippen LogP contribution in [0.2, 0.25) is 0 Å². The lowest BCUT2D eigenvalue weighted by atomic mass is 9.98. The van der Waals surface area contributed by atoms with Gasteiger partial charge in [-0.1, -0.05) is 32.9 Å². The van der Waals surface area contributed by atoms with Crippen molar-refractivity contribution in [2.24, 2.45) is 0 Å². The van der Waals surface area contributed by atoms with Gasteiger partial charge in [-0.3, -0.25) is 4.79 Å². The van der Waals surface area contributed by atoms with Gasteiger partial charge in [-0.2, -0.15) is 5.10 Å². The minimum atomic E-state index is -0.0672. The maximum Gasteiger partial charge on any atom is 0.266 e. The third-order valence-corrected chi connectivity index (χ3v) is 3.31. The molecule has 0 spiro atoms. The predicted octanol–water partition coefficient (Wildman–Crippen LogP) is 3.03. The number of aryl methyl sites for hydroxylation is 1. The highest BCUT2D eigenvalue weighted by Gasteiger charge is 2.08. The Morgan fingerprint density at radius 2 is 2.00 bits per heavy atom. The summed E-state index contributed by atoms with van der Waals surface area (Å²) in [4.78, 5) is 11.7. The molecule has 2 aromatic rings. The zero-order valence-corrected chi connectivity index (χ0v) is 12.3. The number of hydrogen-bond acceptors (Lipinski definition) is 3. The number of benzene rings is 1. The van der Waals surface area contributed by atoms with E-state index in [9.17, 15) is 4.79 Å². The van der Waals surface area contributed by atoms with Crippen molar-refractivity contribution in [3.8, 4) is 11.3 Å². The third-order valence-electron chi connectivity index (χ3n) is 3.31. The van der Waals surface area contributed by atoms with Crippen molar-refractivity contribution in [1.29, 1.82) is 0 Å². The largest absolute Gasteiger partial charge is 0.398 e. The third kappa shape index (κ3) is 2.90. The summed E-state index contributed by atoms with van der Waals surface area (Å²) in [6, 6.07) is 9.28. The van der Waals surface area contributed by atoms with E-state index in [1.165, 1.54) is 4.68 Å². The minimum Gasteiger partial charge on any atom is -0.398 e. The summed E-state index contributed by atoms with van der Waals surface area (Å²) in [6.07, 6.45) is 0.880. The second-order valence-corrected chi connectivity index (χ2v) is 5.28. The van der Waals surface area contributed by atoms with Gasteiger partial charge in [0.1, 0.15) is 0 Å². The summed E-state index contributed by atoms with van der Waals surface area (Å²) in [6.45, 7) is 6.89. The van der Waals surface area contributed by atoms with Gasteiger partial charge in [-0.25, -0.2) is 4.68 Å². The van der Waals surface area contributed by atoms with Gasteiger partial charge < -0.3 is 5.73 Å². The van der Waals surface area contributed by atoms with E-state index in [0.29, 0.717) is 12.5 Å². The standard InChI is InChI=1S/C16H21N3O/c1-4-9-19-16(20)8-7-15(18-19)12-5-6-13(11(2)3)14(17)10-12/h5-8,10-11H,4,9,17H2,1-3H3. The van der Waals surface area contributed by atoms with Crippen molar-refractivity contribution >= 4 is 5.69 Å². The Balaban J connectivity index is 2.44. The average Bonchev–Trinajstić information content (AvgIpc) is 2.41. The maximum absolute atomic E-state index is 11.7. The van der Waals surface area contributed by atoms with Gasteiger partial charge in [0.2, 0.25) is 0 Å². The molecule has 4 nitrogen and oxygen atoms in total. The van der Waals surface area contributed by atoms with Gasteiger partial charge in [0.25, 0.3) is 5.56 Å². The lowest BCUT2D eigenvalue weighted by molar-refractivity contribution is 0.570. The Hall–Kier alpha value is -2.10. The summed E-state index contributed by atoms with van der Waals surface area (Å²) in [5, 5.41) is 4.40. The molecule has 0 aliphatic rings. The first-order valence-electron chi connectivity index (χ1n) is 7.01. The molecule has 0 unspecified atom stereocenters. The van der Waals surface area contributed by atoms with Crippen LogP contribution in [0.25, 0.3) is 11.3 Å². The summed E-state index contributed by atoms with van der Waals surface area (Å²) in [7, 11) is 0. The van der Waals surface area contributed by atoms with E-state index in [-0.39, 0.29) is 5.56 Å². The quantitative estimate of drug-likeness (QED) is 0.869. The van der Waals surface area contributed by atoms with Crippen LogP contribution in [-0.2, 0) is 6.54 Å². The van der Waals surface area contributed by atoms with E-state index in [1.807, 2.05) is 25.1 Å². The fourth-order valence-electron chi connectivity index (χ4n) is 2.23. The Bertz CT molecular complexity index is 659. The minimum absolute atomic E-state index is 0.0672. The fraction of sp³-hybridized carbons (Fsp3) is 0.375. The van der Waals surface area contributed by atoms with Gasteiger partial charge in [-0.05, 0) is 30.0 Å². The average molecular weight is 271 g/mol. The monoisotopic (exact) mass is 271 g/mol. The molecular weight excluding hydrogens is 250 g/mol. The summed E-state index contributed by atoms with van der Waals surface area (Å²) in [5.41, 5.74) is 9.65. The van der Waals surface area contributed by atoms with Crippen LogP contribution in [-0.4, -0.2) is 9.78 Å². The van der Waals surface area contributed by atoms with Gasteiger partial charge in [-0.15, -0.1) is 0 Å². The van der Waals surface area contributed by atoms with Crippen LogP contribution < -0.4 is 11.3 Å². The molecule has 4 heteroatoms. The van der Waals surface area contributed by atoms with E-state index < -0.39 is 0 Å². The first-order chi connectivity index (χ1) is 9.52. The number of anilines is 1. The molecule has 0 aliphatic carbocycles. The Labute approximate surface area is 119 Å². The van der Waals surface area contributed by atoms with Crippen LogP contribution in [0.4, 0.5) is 5.69 Å². The van der Waals surface area contributed by atoms with E-state index in [4.69, 9.17) is 5.73 Å². The van der Waals surface area contributed by atoms with Crippen molar-refractivity contribution in [3.05, 3.63) is 46.2 Å². The normalized spacial score (nSPS) is 11.0. The molecule has 0 saturated carbocycles. The highest BCUT2D eigenvalue weighted by molar-refractivity contribution is 5.66. The van der Waals surface area contributed by atoms with Crippen LogP contribution in [0.15, 0.2) is 35.1 Å². The van der Waals surface area contributed by atoms with Crippen LogP contribution in [0.1, 0.15) is 38.7 Å². The van der Waals surface area contributed by atoms with Crippen molar-refractivity contribution in [1.82, 2.24) is 9.78 Å². The highest BCUT2D eigenvalue weighted by Crippen LogP contribution is 2.26. The Morgan fingerprint density at radius 1 is 1.25 bits per heavy atom. The predicted molar refractivity (Wildman–Crippen MR) is 82.7 cm³/mol. The van der Waals surface area contributed by atoms with Crippen LogP contribution in [0.3, 0.4) is 0 Å². The molecule has 20 heavy (non-hydrogen) atoms. The topological polar surface area (TPSA) is 60.9 Å². The molecular formula is C16H21N3O. The molecule has 1 aromatic heterocycles. The lowest BCUT2D eigenvalue weighted by Gasteiger charge is -2.11. The van der Waals surface area contributed by atoms with E-state index in [1.54, 1.807) is 12.1 Å². The molecule has 0 fully saturated rings.